The molecule has 0 bridgehead atoms. The number of rotatable bonds is 4. The fraction of sp³-hybridized carbons (Fsp3) is 0.0435. The molecule has 0 aliphatic carbocycles. The van der Waals surface area contributed by atoms with Crippen LogP contribution in [0.4, 0.5) is 15.8 Å². The maximum Gasteiger partial charge on any atom is 0.300 e. The minimum Gasteiger partial charge on any atom is -0.507 e. The molecule has 0 radical (unpaired) electrons. The normalized spacial score (nSPS) is 17.7. The van der Waals surface area contributed by atoms with Gasteiger partial charge in [0, 0.05) is 28.9 Å². The molecule has 1 N–H and O–H groups in total. The predicted octanol–water partition coefficient (Wildman–Crippen LogP) is 4.36. The number of nitrogens with zero attached hydrogens (tertiary/aromatic N) is 2. The van der Waals surface area contributed by atoms with Crippen molar-refractivity contribution in [2.45, 2.75) is 6.04 Å². The lowest BCUT2D eigenvalue weighted by Crippen LogP contribution is -2.29. The number of nitro groups is 1. The average Bonchev–Trinajstić information content (AvgIpc) is 3.04. The molecule has 1 unspecified atom stereocenters. The third kappa shape index (κ3) is 3.44. The van der Waals surface area contributed by atoms with E-state index >= 15 is 0 Å². The Balaban J connectivity index is 1.93. The molecule has 1 aliphatic heterocycles. The minimum absolute atomic E-state index is 0.0361. The van der Waals surface area contributed by atoms with Crippen LogP contribution in [0.2, 0.25) is 0 Å². The number of benzene rings is 3. The van der Waals surface area contributed by atoms with E-state index in [4.69, 9.17) is 0 Å². The Morgan fingerprint density at radius 3 is 2.16 bits per heavy atom. The van der Waals surface area contributed by atoms with Crippen molar-refractivity contribution >= 4 is 28.8 Å². The lowest BCUT2D eigenvalue weighted by atomic mass is 9.94. The molecule has 1 heterocycles. The van der Waals surface area contributed by atoms with Crippen LogP contribution in [-0.2, 0) is 9.59 Å². The van der Waals surface area contributed by atoms with Crippen LogP contribution in [0, 0.1) is 15.9 Å². The fourth-order valence-corrected chi connectivity index (χ4v) is 3.58. The lowest BCUT2D eigenvalue weighted by molar-refractivity contribution is -0.384. The number of aliphatic hydroxyl groups is 1. The number of anilines is 1. The number of ketones is 1. The number of non-ortho nitro benzene ring substituents is 1. The molecule has 0 aromatic heterocycles. The Kier molecular flexibility index (Phi) is 5.04. The number of hydrogen-bond donors (Lipinski definition) is 1. The largest absolute Gasteiger partial charge is 0.507 e. The van der Waals surface area contributed by atoms with Gasteiger partial charge in [-0.3, -0.25) is 24.6 Å². The molecular formula is C23H15FN2O5. The molecular weight excluding hydrogens is 403 g/mol. The zero-order chi connectivity index (χ0) is 22.1. The maximum atomic E-state index is 14.7. The second kappa shape index (κ2) is 7.83. The summed E-state index contributed by atoms with van der Waals surface area (Å²) in [5, 5.41) is 21.8. The molecule has 1 aliphatic rings. The van der Waals surface area contributed by atoms with Gasteiger partial charge in [0.15, 0.2) is 0 Å². The summed E-state index contributed by atoms with van der Waals surface area (Å²) >= 11 is 0. The number of para-hydroxylation sites is 1. The van der Waals surface area contributed by atoms with Crippen LogP contribution in [0.25, 0.3) is 5.76 Å². The molecule has 154 valence electrons. The van der Waals surface area contributed by atoms with Crippen LogP contribution >= 0.6 is 0 Å². The van der Waals surface area contributed by atoms with Crippen LogP contribution in [0.3, 0.4) is 0 Å². The summed E-state index contributed by atoms with van der Waals surface area (Å²) in [6, 6.07) is 17.6. The number of nitro benzene ring substituents is 1. The van der Waals surface area contributed by atoms with Gasteiger partial charge in [-0.05, 0) is 30.3 Å². The molecule has 8 heteroatoms. The van der Waals surface area contributed by atoms with Gasteiger partial charge in [-0.25, -0.2) is 4.39 Å². The fourth-order valence-electron chi connectivity index (χ4n) is 3.58. The molecule has 1 atom stereocenters. The Labute approximate surface area is 175 Å². The van der Waals surface area contributed by atoms with E-state index in [-0.39, 0.29) is 22.4 Å². The van der Waals surface area contributed by atoms with Crippen molar-refractivity contribution in [3.63, 3.8) is 0 Å². The number of aliphatic hydroxyl groups excluding tert-OH is 1. The van der Waals surface area contributed by atoms with Crippen LogP contribution < -0.4 is 4.90 Å². The summed E-state index contributed by atoms with van der Waals surface area (Å²) in [4.78, 5) is 37.3. The minimum atomic E-state index is -1.21. The molecule has 4 rings (SSSR count). The van der Waals surface area contributed by atoms with Crippen molar-refractivity contribution in [1.29, 1.82) is 0 Å². The summed E-state index contributed by atoms with van der Waals surface area (Å²) < 4.78 is 14.7. The summed E-state index contributed by atoms with van der Waals surface area (Å²) in [5.41, 5.74) is -0.00707. The van der Waals surface area contributed by atoms with Gasteiger partial charge in [-0.2, -0.15) is 0 Å². The zero-order valence-electron chi connectivity index (χ0n) is 15.9. The van der Waals surface area contributed by atoms with Crippen molar-refractivity contribution in [3.05, 3.63) is 111 Å². The predicted molar refractivity (Wildman–Crippen MR) is 111 cm³/mol. The smallest absolute Gasteiger partial charge is 0.300 e. The number of hydrogen-bond acceptors (Lipinski definition) is 5. The van der Waals surface area contributed by atoms with Crippen molar-refractivity contribution in [3.8, 4) is 0 Å². The van der Waals surface area contributed by atoms with Gasteiger partial charge in [-0.1, -0.05) is 36.4 Å². The van der Waals surface area contributed by atoms with Crippen LogP contribution in [-0.4, -0.2) is 21.7 Å². The number of halogens is 1. The third-order valence-electron chi connectivity index (χ3n) is 5.03. The number of amides is 1. The van der Waals surface area contributed by atoms with E-state index in [0.29, 0.717) is 5.69 Å². The molecule has 1 amide bonds. The van der Waals surface area contributed by atoms with Crippen LogP contribution in [0.15, 0.2) is 84.4 Å². The van der Waals surface area contributed by atoms with Crippen LogP contribution in [0.1, 0.15) is 17.2 Å². The second-order valence-electron chi connectivity index (χ2n) is 6.83. The molecule has 0 spiro atoms. The van der Waals surface area contributed by atoms with Crippen LogP contribution in [0.5, 0.6) is 0 Å². The topological polar surface area (TPSA) is 101 Å². The quantitative estimate of drug-likeness (QED) is 0.223. The second-order valence-corrected chi connectivity index (χ2v) is 6.83. The molecule has 31 heavy (non-hydrogen) atoms. The van der Waals surface area contributed by atoms with Gasteiger partial charge >= 0.3 is 0 Å². The molecule has 3 aromatic rings. The van der Waals surface area contributed by atoms with Crippen molar-refractivity contribution < 1.29 is 24.0 Å². The first-order valence-corrected chi connectivity index (χ1v) is 9.25. The standard InChI is InChI=1S/C23H15FN2O5/c24-18-9-5-4-8-17(18)20-19(21(27)14-10-12-16(13-11-14)26(30)31)22(28)23(29)25(20)15-6-2-1-3-7-15/h1-13,20,27H/b21-19-. The van der Waals surface area contributed by atoms with Crippen molar-refractivity contribution in [2.75, 3.05) is 4.90 Å². The van der Waals surface area contributed by atoms with E-state index in [1.54, 1.807) is 36.4 Å². The van der Waals surface area contributed by atoms with E-state index in [9.17, 15) is 29.2 Å². The highest BCUT2D eigenvalue weighted by atomic mass is 19.1. The SMILES string of the molecule is O=C1C(=O)N(c2ccccc2)C(c2ccccc2F)/C1=C(/O)c1ccc([N+](=O)[O-])cc1. The number of Topliss-reactive ketones (excluding diaryl/α,β-unsaturated/α-hetero) is 1. The summed E-state index contributed by atoms with van der Waals surface area (Å²) in [6.07, 6.45) is 0. The highest BCUT2D eigenvalue weighted by molar-refractivity contribution is 6.51. The first-order valence-electron chi connectivity index (χ1n) is 9.25. The van der Waals surface area contributed by atoms with Gasteiger partial charge in [0.25, 0.3) is 17.4 Å². The van der Waals surface area contributed by atoms with E-state index < -0.39 is 34.2 Å². The van der Waals surface area contributed by atoms with E-state index in [2.05, 4.69) is 0 Å². The zero-order valence-corrected chi connectivity index (χ0v) is 15.9. The monoisotopic (exact) mass is 418 g/mol. The van der Waals surface area contributed by atoms with Gasteiger partial charge in [0.2, 0.25) is 0 Å². The molecule has 1 saturated heterocycles. The van der Waals surface area contributed by atoms with Gasteiger partial charge < -0.3 is 5.11 Å². The summed E-state index contributed by atoms with van der Waals surface area (Å²) in [7, 11) is 0. The number of carbonyl (C=O) groups excluding carboxylic acids is 2. The van der Waals surface area contributed by atoms with Crippen molar-refractivity contribution in [1.82, 2.24) is 0 Å². The summed E-state index contributed by atoms with van der Waals surface area (Å²) in [6.45, 7) is 0. The first-order chi connectivity index (χ1) is 14.9. The Bertz CT molecular complexity index is 1220. The molecule has 7 nitrogen and oxygen atoms in total. The molecule has 1 fully saturated rings. The Morgan fingerprint density at radius 2 is 1.55 bits per heavy atom. The first kappa shape index (κ1) is 20.0. The van der Waals surface area contributed by atoms with Gasteiger partial charge in [-0.15, -0.1) is 0 Å². The van der Waals surface area contributed by atoms with E-state index in [1.807, 2.05) is 0 Å². The summed E-state index contributed by atoms with van der Waals surface area (Å²) in [5.74, 6) is -3.08. The van der Waals surface area contributed by atoms with Gasteiger partial charge in [0.05, 0.1) is 16.5 Å². The van der Waals surface area contributed by atoms with E-state index in [0.717, 1.165) is 4.90 Å². The lowest BCUT2D eigenvalue weighted by Gasteiger charge is -2.25. The highest BCUT2D eigenvalue weighted by Gasteiger charge is 2.47. The molecule has 0 saturated carbocycles. The highest BCUT2D eigenvalue weighted by Crippen LogP contribution is 2.42. The average molecular weight is 418 g/mol. The Morgan fingerprint density at radius 1 is 0.935 bits per heavy atom. The van der Waals surface area contributed by atoms with Crippen molar-refractivity contribution in [2.24, 2.45) is 0 Å². The maximum absolute atomic E-state index is 14.7. The van der Waals surface area contributed by atoms with Gasteiger partial charge in [0.1, 0.15) is 11.6 Å². The Hall–Kier alpha value is -4.33. The van der Waals surface area contributed by atoms with E-state index in [1.165, 1.54) is 42.5 Å². The number of carbonyl (C=O) groups is 2. The molecule has 3 aromatic carbocycles. The third-order valence-corrected chi connectivity index (χ3v) is 5.03.